The summed E-state index contributed by atoms with van der Waals surface area (Å²) in [5.74, 6) is 0.0324. The second-order valence-corrected chi connectivity index (χ2v) is 7.81. The molecular formula is C25H28N4O2. The Morgan fingerprint density at radius 1 is 0.839 bits per heavy atom. The lowest BCUT2D eigenvalue weighted by molar-refractivity contribution is 0.0718. The van der Waals surface area contributed by atoms with E-state index in [1.54, 1.807) is 6.20 Å². The minimum atomic E-state index is 0.00479. The van der Waals surface area contributed by atoms with Crippen LogP contribution in [0.25, 0.3) is 0 Å². The van der Waals surface area contributed by atoms with E-state index in [1.807, 2.05) is 63.0 Å². The van der Waals surface area contributed by atoms with E-state index in [0.717, 1.165) is 24.1 Å². The van der Waals surface area contributed by atoms with Crippen molar-refractivity contribution < 1.29 is 9.59 Å². The first-order valence-corrected chi connectivity index (χ1v) is 10.9. The van der Waals surface area contributed by atoms with Crippen molar-refractivity contribution in [2.24, 2.45) is 0 Å². The molecule has 0 unspecified atom stereocenters. The fraction of sp³-hybridized carbons (Fsp3) is 0.320. The Morgan fingerprint density at radius 2 is 1.45 bits per heavy atom. The fourth-order valence-electron chi connectivity index (χ4n) is 4.11. The van der Waals surface area contributed by atoms with Crippen molar-refractivity contribution in [1.82, 2.24) is 19.6 Å². The number of hydrogen-bond acceptors (Lipinski definition) is 3. The van der Waals surface area contributed by atoms with Crippen molar-refractivity contribution in [1.29, 1.82) is 0 Å². The highest BCUT2D eigenvalue weighted by atomic mass is 16.2. The summed E-state index contributed by atoms with van der Waals surface area (Å²) < 4.78 is 1.92. The van der Waals surface area contributed by atoms with Crippen molar-refractivity contribution >= 4 is 11.8 Å². The van der Waals surface area contributed by atoms with Gasteiger partial charge in [-0.1, -0.05) is 55.5 Å². The van der Waals surface area contributed by atoms with E-state index in [4.69, 9.17) is 0 Å². The number of hydrogen-bond donors (Lipinski definition) is 0. The first-order valence-electron chi connectivity index (χ1n) is 10.9. The summed E-state index contributed by atoms with van der Waals surface area (Å²) in [6, 6.07) is 19.5. The lowest BCUT2D eigenvalue weighted by atomic mass is 10.1. The van der Waals surface area contributed by atoms with Crippen LogP contribution in [0.4, 0.5) is 0 Å². The van der Waals surface area contributed by atoms with Crippen LogP contribution in [-0.2, 0) is 13.0 Å². The van der Waals surface area contributed by atoms with Gasteiger partial charge in [0.2, 0.25) is 0 Å². The number of rotatable bonds is 5. The molecule has 160 valence electrons. The molecule has 1 aliphatic rings. The van der Waals surface area contributed by atoms with Gasteiger partial charge >= 0.3 is 0 Å². The van der Waals surface area contributed by atoms with Gasteiger partial charge in [-0.05, 0) is 30.5 Å². The Hall–Kier alpha value is -3.41. The Kier molecular flexibility index (Phi) is 6.46. The predicted octanol–water partition coefficient (Wildman–Crippen LogP) is 3.48. The van der Waals surface area contributed by atoms with Crippen LogP contribution < -0.4 is 0 Å². The normalized spacial score (nSPS) is 14.4. The highest BCUT2D eigenvalue weighted by Crippen LogP contribution is 2.17. The number of carbonyl (C=O) groups is 2. The zero-order valence-electron chi connectivity index (χ0n) is 17.9. The molecule has 0 spiro atoms. The van der Waals surface area contributed by atoms with Gasteiger partial charge in [0.25, 0.3) is 11.8 Å². The average molecular weight is 417 g/mol. The molecular weight excluding hydrogens is 388 g/mol. The molecule has 2 heterocycles. The summed E-state index contributed by atoms with van der Waals surface area (Å²) in [6.45, 7) is 5.08. The Balaban J connectivity index is 1.45. The van der Waals surface area contributed by atoms with Crippen molar-refractivity contribution in [3.8, 4) is 0 Å². The van der Waals surface area contributed by atoms with E-state index in [1.165, 1.54) is 0 Å². The molecule has 4 rings (SSSR count). The molecule has 1 saturated heterocycles. The third kappa shape index (κ3) is 4.68. The molecule has 0 saturated carbocycles. The fourth-order valence-corrected chi connectivity index (χ4v) is 4.11. The summed E-state index contributed by atoms with van der Waals surface area (Å²) in [5.41, 5.74) is 3.47. The van der Waals surface area contributed by atoms with Gasteiger partial charge in [0.1, 0.15) is 0 Å². The summed E-state index contributed by atoms with van der Waals surface area (Å²) in [7, 11) is 0. The lowest BCUT2D eigenvalue weighted by Gasteiger charge is -2.22. The zero-order chi connectivity index (χ0) is 21.6. The van der Waals surface area contributed by atoms with Crippen molar-refractivity contribution in [3.05, 3.63) is 89.2 Å². The maximum Gasteiger partial charge on any atom is 0.257 e. The average Bonchev–Trinajstić information content (AvgIpc) is 3.05. The van der Waals surface area contributed by atoms with E-state index in [0.29, 0.717) is 43.9 Å². The van der Waals surface area contributed by atoms with Gasteiger partial charge in [-0.3, -0.25) is 14.3 Å². The van der Waals surface area contributed by atoms with E-state index >= 15 is 0 Å². The minimum Gasteiger partial charge on any atom is -0.337 e. The van der Waals surface area contributed by atoms with Crippen LogP contribution in [0.3, 0.4) is 0 Å². The molecule has 0 N–H and O–H groups in total. The van der Waals surface area contributed by atoms with E-state index in [2.05, 4.69) is 24.2 Å². The van der Waals surface area contributed by atoms with Gasteiger partial charge in [0, 0.05) is 31.7 Å². The quantitative estimate of drug-likeness (QED) is 0.640. The van der Waals surface area contributed by atoms with Crippen LogP contribution in [0.2, 0.25) is 0 Å². The maximum absolute atomic E-state index is 13.3. The lowest BCUT2D eigenvalue weighted by Crippen LogP contribution is -2.37. The van der Waals surface area contributed by atoms with Gasteiger partial charge in [-0.25, -0.2) is 0 Å². The Labute approximate surface area is 183 Å². The van der Waals surface area contributed by atoms with Gasteiger partial charge in [0.05, 0.1) is 24.0 Å². The number of aromatic nitrogens is 2. The summed E-state index contributed by atoms with van der Waals surface area (Å²) in [4.78, 5) is 29.8. The summed E-state index contributed by atoms with van der Waals surface area (Å²) in [6.07, 6.45) is 3.20. The molecule has 0 atom stereocenters. The number of amides is 2. The van der Waals surface area contributed by atoms with Gasteiger partial charge < -0.3 is 9.80 Å². The molecule has 31 heavy (non-hydrogen) atoms. The maximum atomic E-state index is 13.3. The van der Waals surface area contributed by atoms with Crippen LogP contribution in [0.5, 0.6) is 0 Å². The van der Waals surface area contributed by atoms with Crippen molar-refractivity contribution in [3.63, 3.8) is 0 Å². The zero-order valence-corrected chi connectivity index (χ0v) is 17.9. The predicted molar refractivity (Wildman–Crippen MR) is 120 cm³/mol. The van der Waals surface area contributed by atoms with E-state index in [9.17, 15) is 9.59 Å². The smallest absolute Gasteiger partial charge is 0.257 e. The topological polar surface area (TPSA) is 58.4 Å². The van der Waals surface area contributed by atoms with Crippen LogP contribution in [0, 0.1) is 0 Å². The van der Waals surface area contributed by atoms with Crippen LogP contribution in [0.15, 0.2) is 66.9 Å². The molecule has 0 radical (unpaired) electrons. The number of carbonyl (C=O) groups excluding carboxylic acids is 2. The first kappa shape index (κ1) is 20.8. The number of benzene rings is 2. The Bertz CT molecular complexity index is 1030. The molecule has 3 aromatic rings. The SMILES string of the molecule is CCc1c(C(=O)N2CCCN(C(=O)c3ccccc3)CC2)cnn1Cc1ccccc1. The molecule has 1 aromatic heterocycles. The molecule has 1 fully saturated rings. The molecule has 6 heteroatoms. The van der Waals surface area contributed by atoms with Crippen LogP contribution in [-0.4, -0.2) is 57.6 Å². The van der Waals surface area contributed by atoms with Gasteiger partial charge in [0.15, 0.2) is 0 Å². The van der Waals surface area contributed by atoms with E-state index < -0.39 is 0 Å². The largest absolute Gasteiger partial charge is 0.337 e. The van der Waals surface area contributed by atoms with Crippen LogP contribution in [0.1, 0.15) is 45.3 Å². The molecule has 1 aliphatic heterocycles. The first-order chi connectivity index (χ1) is 15.2. The third-order valence-electron chi connectivity index (χ3n) is 5.78. The molecule has 0 aliphatic carbocycles. The van der Waals surface area contributed by atoms with Crippen molar-refractivity contribution in [2.75, 3.05) is 26.2 Å². The van der Waals surface area contributed by atoms with Crippen LogP contribution >= 0.6 is 0 Å². The highest BCUT2D eigenvalue weighted by molar-refractivity contribution is 5.96. The molecule has 2 amide bonds. The second kappa shape index (κ2) is 9.60. The van der Waals surface area contributed by atoms with Crippen molar-refractivity contribution in [2.45, 2.75) is 26.3 Å². The van der Waals surface area contributed by atoms with Gasteiger partial charge in [-0.15, -0.1) is 0 Å². The van der Waals surface area contributed by atoms with E-state index in [-0.39, 0.29) is 11.8 Å². The minimum absolute atomic E-state index is 0.00479. The third-order valence-corrected chi connectivity index (χ3v) is 5.78. The highest BCUT2D eigenvalue weighted by Gasteiger charge is 2.26. The standard InChI is InChI=1S/C25H28N4O2/c1-2-23-22(18-26-29(23)19-20-10-5-3-6-11-20)25(31)28-15-9-14-27(16-17-28)24(30)21-12-7-4-8-13-21/h3-8,10-13,18H,2,9,14-17,19H2,1H3. The second-order valence-electron chi connectivity index (χ2n) is 7.81. The summed E-state index contributed by atoms with van der Waals surface area (Å²) in [5, 5.41) is 4.51. The Morgan fingerprint density at radius 3 is 2.10 bits per heavy atom. The number of nitrogens with zero attached hydrogens (tertiary/aromatic N) is 4. The van der Waals surface area contributed by atoms with Gasteiger partial charge in [-0.2, -0.15) is 5.10 Å². The monoisotopic (exact) mass is 416 g/mol. The molecule has 0 bridgehead atoms. The summed E-state index contributed by atoms with van der Waals surface area (Å²) >= 11 is 0. The molecule has 6 nitrogen and oxygen atoms in total. The molecule has 2 aromatic carbocycles.